The fourth-order valence-corrected chi connectivity index (χ4v) is 17.5. The van der Waals surface area contributed by atoms with Gasteiger partial charge < -0.3 is 131 Å². The number of likely N-dealkylation sites (N-methyl/N-ethyl adjacent to an activating group) is 3. The van der Waals surface area contributed by atoms with Gasteiger partial charge in [-0.3, -0.25) is 91.1 Å². The number of aromatic amines is 1. The van der Waals surface area contributed by atoms with Crippen LogP contribution in [0.1, 0.15) is 141 Å². The maximum absolute atomic E-state index is 15.9. The van der Waals surface area contributed by atoms with Gasteiger partial charge in [0, 0.05) is 113 Å². The molecular weight excluding hydrogens is 1780 g/mol. The molecule has 3 aliphatic rings. The van der Waals surface area contributed by atoms with Crippen LogP contribution < -0.4 is 76.1 Å². The van der Waals surface area contributed by atoms with E-state index in [4.69, 9.17) is 22.9 Å². The van der Waals surface area contributed by atoms with Crippen LogP contribution in [0, 0.1) is 5.92 Å². The topological polar surface area (TPSA) is 667 Å². The van der Waals surface area contributed by atoms with Gasteiger partial charge in [0.2, 0.25) is 100 Å². The van der Waals surface area contributed by atoms with E-state index in [9.17, 15) is 78.0 Å². The van der Waals surface area contributed by atoms with Crippen LogP contribution in [0.15, 0.2) is 85.2 Å². The molecular formula is C90H127N21O23S. The number of para-hydroxylation sites is 2. The number of aliphatic carboxylic acids is 2. The highest BCUT2D eigenvalue weighted by atomic mass is 32.2. The molecule has 23 N–H and O–H groups in total. The number of fused-ring (bicyclic) bond motifs is 4. The number of unbranched alkanes of at least 4 members (excludes halogenated alkanes) is 2. The third-order valence-electron chi connectivity index (χ3n) is 24.0. The molecule has 45 heteroatoms. The predicted octanol–water partition coefficient (Wildman–Crippen LogP) is -3.42. The second-order valence-corrected chi connectivity index (χ2v) is 35.6. The number of carboxylic acids is 2. The van der Waals surface area contributed by atoms with Crippen molar-refractivity contribution in [3.63, 3.8) is 0 Å². The smallest absolute Gasteiger partial charge is 0.323 e. The van der Waals surface area contributed by atoms with Crippen LogP contribution in [-0.2, 0) is 117 Å². The number of hydrogen-bond acceptors (Lipinski definition) is 24. The number of primary amides is 2. The zero-order valence-electron chi connectivity index (χ0n) is 76.9. The van der Waals surface area contributed by atoms with Gasteiger partial charge in [-0.05, 0) is 105 Å². The number of benzene rings is 3. The number of amides is 17. The zero-order valence-corrected chi connectivity index (χ0v) is 77.8. The molecule has 0 bridgehead atoms. The molecule has 5 aromatic rings. The summed E-state index contributed by atoms with van der Waals surface area (Å²) in [5, 5.41) is 68.7. The number of rotatable bonds is 27. The Labute approximate surface area is 783 Å². The van der Waals surface area contributed by atoms with Gasteiger partial charge in [0.15, 0.2) is 0 Å². The monoisotopic (exact) mass is 1900 g/mol. The molecule has 8 rings (SSSR count). The highest BCUT2D eigenvalue weighted by Crippen LogP contribution is 2.29. The van der Waals surface area contributed by atoms with Crippen molar-refractivity contribution in [2.24, 2.45) is 28.9 Å². The molecule has 736 valence electrons. The quantitative estimate of drug-likeness (QED) is 0.0243. The van der Waals surface area contributed by atoms with Crippen molar-refractivity contribution in [1.29, 1.82) is 0 Å². The second-order valence-electron chi connectivity index (χ2n) is 34.6. The van der Waals surface area contributed by atoms with E-state index >= 15 is 33.6 Å². The number of aromatic nitrogens is 2. The Hall–Kier alpha value is -13.3. The highest BCUT2D eigenvalue weighted by molar-refractivity contribution is 8.00. The summed E-state index contributed by atoms with van der Waals surface area (Å²) in [6.07, 6.45) is -1.13. The molecule has 0 aliphatic carbocycles. The number of carbonyl (C=O) groups is 19. The predicted molar refractivity (Wildman–Crippen MR) is 492 cm³/mol. The van der Waals surface area contributed by atoms with Crippen LogP contribution in [0.25, 0.3) is 21.8 Å². The summed E-state index contributed by atoms with van der Waals surface area (Å²) in [6, 6.07) is -3.49. The van der Waals surface area contributed by atoms with Gasteiger partial charge in [-0.25, -0.2) is 0 Å². The van der Waals surface area contributed by atoms with Gasteiger partial charge in [0.25, 0.3) is 0 Å². The van der Waals surface area contributed by atoms with E-state index in [1.807, 2.05) is 13.8 Å². The van der Waals surface area contributed by atoms with E-state index in [2.05, 4.69) is 58.2 Å². The third-order valence-corrected chi connectivity index (χ3v) is 25.0. The summed E-state index contributed by atoms with van der Waals surface area (Å²) in [5.74, 6) is -21.0. The van der Waals surface area contributed by atoms with E-state index in [1.165, 1.54) is 63.1 Å². The molecule has 15 atom stereocenters. The molecule has 0 unspecified atom stereocenters. The first-order valence-corrected chi connectivity index (χ1v) is 46.2. The number of nitrogens with two attached hydrogens (primary N) is 4. The lowest BCUT2D eigenvalue weighted by atomic mass is 9.99. The number of H-pyrrole nitrogens is 1. The summed E-state index contributed by atoms with van der Waals surface area (Å²) in [6.45, 7) is 5.34. The number of aliphatic hydroxyl groups is 1. The fourth-order valence-electron chi connectivity index (χ4n) is 16.6. The maximum atomic E-state index is 15.9. The normalized spacial score (nSPS) is 24.8. The molecule has 5 heterocycles. The van der Waals surface area contributed by atoms with Crippen molar-refractivity contribution >= 4 is 146 Å². The van der Waals surface area contributed by atoms with Crippen LogP contribution in [-0.4, -0.2) is 323 Å². The highest BCUT2D eigenvalue weighted by Gasteiger charge is 2.47. The van der Waals surface area contributed by atoms with E-state index in [1.54, 1.807) is 68.6 Å². The number of carbonyl (C=O) groups excluding carboxylic acids is 17. The molecule has 17 amide bonds. The number of aliphatic hydroxyl groups excluding tert-OH is 1. The van der Waals surface area contributed by atoms with Gasteiger partial charge in [-0.15, -0.1) is 11.8 Å². The molecule has 3 aliphatic heterocycles. The van der Waals surface area contributed by atoms with E-state index in [0.29, 0.717) is 64.2 Å². The lowest BCUT2D eigenvalue weighted by molar-refractivity contribution is -0.149. The first-order valence-electron chi connectivity index (χ1n) is 45.1. The van der Waals surface area contributed by atoms with Gasteiger partial charge in [0.1, 0.15) is 96.9 Å². The van der Waals surface area contributed by atoms with Crippen molar-refractivity contribution in [2.45, 2.75) is 241 Å². The number of nitrogens with zero attached hydrogens (tertiary/aromatic N) is 6. The van der Waals surface area contributed by atoms with Crippen LogP contribution in [0.2, 0.25) is 0 Å². The number of hydrogen-bond donors (Lipinski definition) is 19. The lowest BCUT2D eigenvalue weighted by Crippen LogP contribution is -2.61. The van der Waals surface area contributed by atoms with E-state index < -0.39 is 273 Å². The molecule has 3 saturated heterocycles. The molecule has 3 aromatic carbocycles. The van der Waals surface area contributed by atoms with Gasteiger partial charge in [-0.1, -0.05) is 102 Å². The van der Waals surface area contributed by atoms with Crippen molar-refractivity contribution < 1.29 is 112 Å². The summed E-state index contributed by atoms with van der Waals surface area (Å²) in [7, 11) is 3.85. The molecule has 135 heavy (non-hydrogen) atoms. The zero-order chi connectivity index (χ0) is 99.4. The van der Waals surface area contributed by atoms with Crippen molar-refractivity contribution in [1.82, 2.24) is 87.2 Å². The van der Waals surface area contributed by atoms with Crippen molar-refractivity contribution in [2.75, 3.05) is 65.4 Å². The number of nitrogens with one attached hydrogen (secondary N) is 11. The standard InChI is InChI=1S/C90H127N21O23S/c1-9-11-21-68-83(127)100-60(34-48(3)4)80(124)105-66(78(122)96-42-73(94)115)46-135-47-74(116)97-62(35-50-25-27-53(112)28-26-50)86(130)106(6)49(5)77(121)102-64(39-72(93)114)89(133)110-33-17-24-69(110)84(128)104-65(40-92)82(126)99-59(29-30-75(117)118)88(132)111-44-54(113)38-71(111)85(129)101-61(36-51-41-95-57-20-15-13-18-55(51)57)81(125)98-58(31-32-91)79(123)103-63(87(131)108(8)70(22-12-10-2)90(134)107(68)7)37-52-43-109(45-76(119)120)67-23-16-14-19-56(52)67/h13-16,18-20,23,25-28,41,43,48-49,54,58-66,68-71,95,112-113H,9-12,17,21-22,24,29-40,42,44-47,91-92H2,1-8H3,(H2,93,114)(H2,94,115)(H,96,122)(H,97,116)(H,98,125)(H,99,126)(H,100,127)(H,101,129)(H,102,121)(H,103,123)(H,104,128)(H,105,124)(H,117,118)(H,119,120)/t49-,54+,58-,59-,60-,61-,62-,63-,64-,65-,66-,68-,69-,70-,71-/m0/s1. The maximum Gasteiger partial charge on any atom is 0.323 e. The Morgan fingerprint density at radius 3 is 1.76 bits per heavy atom. The second kappa shape index (κ2) is 50.7. The molecule has 2 aromatic heterocycles. The lowest BCUT2D eigenvalue weighted by Gasteiger charge is -2.36. The van der Waals surface area contributed by atoms with Crippen molar-refractivity contribution in [3.8, 4) is 5.75 Å². The van der Waals surface area contributed by atoms with Crippen LogP contribution in [0.3, 0.4) is 0 Å². The molecule has 44 nitrogen and oxygen atoms in total. The molecule has 0 saturated carbocycles. The SMILES string of the molecule is CCCC[C@H]1C(=O)N(C)[C@@H](CCCC)C(=O)N[C@@H](CC(C)C)C(=O)N[C@H](C(=O)NCC(N)=O)CSCC(=O)N[C@@H](Cc2ccc(O)cc2)C(=O)N(C)[C@@H](C)C(=O)N[C@@H](CC(N)=O)C(=O)N2CCC[C@H]2C(=O)N[C@@H](CN)C(=O)N[C@@H](CCC(=O)O)C(=O)N2C[C@H](O)C[C@H]2C(=O)N[C@@H](Cc2c[nH]c3ccccc23)C(=O)N[C@@H](CCN)C(=O)N[C@@H](Cc2cn(CC(=O)O)c3ccccc23)C(=O)N1C. The number of phenols is 1. The molecule has 0 radical (unpaired) electrons. The van der Waals surface area contributed by atoms with Gasteiger partial charge in [-0.2, -0.15) is 0 Å². The minimum atomic E-state index is -1.85. The summed E-state index contributed by atoms with van der Waals surface area (Å²) >= 11 is 0.769. The molecule has 3 fully saturated rings. The van der Waals surface area contributed by atoms with Gasteiger partial charge >= 0.3 is 11.9 Å². The minimum Gasteiger partial charge on any atom is -0.508 e. The van der Waals surface area contributed by atoms with Crippen LogP contribution >= 0.6 is 11.8 Å². The van der Waals surface area contributed by atoms with Gasteiger partial charge in [0.05, 0.1) is 24.8 Å². The van der Waals surface area contributed by atoms with E-state index in [0.717, 1.165) is 36.3 Å². The summed E-state index contributed by atoms with van der Waals surface area (Å²) in [4.78, 5) is 282. The Kier molecular flexibility index (Phi) is 40.2. The van der Waals surface area contributed by atoms with E-state index in [-0.39, 0.29) is 76.1 Å². The summed E-state index contributed by atoms with van der Waals surface area (Å²) in [5.41, 5.74) is 25.6. The number of carboxylic acid groups (broad SMARTS) is 2. The molecule has 0 spiro atoms. The number of thioether (sulfide) groups is 1. The average Bonchev–Trinajstić information content (AvgIpc) is 1.55. The average molecular weight is 1900 g/mol. The summed E-state index contributed by atoms with van der Waals surface area (Å²) < 4.78 is 1.42. The first kappa shape index (κ1) is 107. The Morgan fingerprint density at radius 2 is 1.11 bits per heavy atom. The number of phenolic OH excluding ortho intramolecular Hbond substituents is 1. The fraction of sp³-hybridized carbons (Fsp3) is 0.544. The van der Waals surface area contributed by atoms with Crippen LogP contribution in [0.4, 0.5) is 0 Å². The largest absolute Gasteiger partial charge is 0.508 e. The minimum absolute atomic E-state index is 0.0136. The third kappa shape index (κ3) is 29.8. The first-order chi connectivity index (χ1) is 64.1. The Bertz CT molecular complexity index is 5130. The Morgan fingerprint density at radius 1 is 0.548 bits per heavy atom. The van der Waals surface area contributed by atoms with Crippen LogP contribution in [0.5, 0.6) is 5.75 Å². The van der Waals surface area contributed by atoms with Crippen molar-refractivity contribution in [3.05, 3.63) is 102 Å². The Balaban J connectivity index is 1.21. The number of aromatic hydroxyl groups is 1.